The normalized spacial score (nSPS) is 39.3. The number of fused-ring (bicyclic) bond motifs is 3. The molecule has 3 rings (SSSR count). The van der Waals surface area contributed by atoms with Crippen molar-refractivity contribution in [2.24, 2.45) is 17.8 Å². The predicted octanol–water partition coefficient (Wildman–Crippen LogP) is 1.45. The fraction of sp³-hybridized carbons (Fsp3) is 0.500. The van der Waals surface area contributed by atoms with E-state index in [1.54, 1.807) is 19.9 Å². The summed E-state index contributed by atoms with van der Waals surface area (Å²) in [5.41, 5.74) is 0.172. The van der Waals surface area contributed by atoms with Gasteiger partial charge in [0.25, 0.3) is 0 Å². The molecule has 0 bridgehead atoms. The van der Waals surface area contributed by atoms with Gasteiger partial charge in [-0.15, -0.1) is 0 Å². The molecule has 0 amide bonds. The van der Waals surface area contributed by atoms with E-state index in [4.69, 9.17) is 14.6 Å². The first-order valence-electron chi connectivity index (χ1n) is 8.65. The van der Waals surface area contributed by atoms with Gasteiger partial charge in [0.1, 0.15) is 12.2 Å². The van der Waals surface area contributed by atoms with Gasteiger partial charge in [0, 0.05) is 29.4 Å². The number of aliphatic hydroxyl groups excluding tert-OH is 1. The summed E-state index contributed by atoms with van der Waals surface area (Å²) in [6.07, 6.45) is 3.97. The highest BCUT2D eigenvalue weighted by molar-refractivity contribution is 5.92. The molecule has 2 fully saturated rings. The van der Waals surface area contributed by atoms with Crippen LogP contribution in [0.2, 0.25) is 0 Å². The number of ether oxygens (including phenoxy) is 2. The van der Waals surface area contributed by atoms with E-state index >= 15 is 0 Å². The zero-order chi connectivity index (χ0) is 19.2. The minimum Gasteiger partial charge on any atom is -0.458 e. The summed E-state index contributed by atoms with van der Waals surface area (Å²) in [4.78, 5) is 24.5. The fourth-order valence-corrected chi connectivity index (χ4v) is 4.25. The van der Waals surface area contributed by atoms with Crippen LogP contribution in [-0.4, -0.2) is 46.6 Å². The first-order valence-corrected chi connectivity index (χ1v) is 8.65. The highest BCUT2D eigenvalue weighted by atomic mass is 16.6. The third-order valence-corrected chi connectivity index (χ3v) is 5.63. The third kappa shape index (κ3) is 2.93. The molecule has 0 aromatic carbocycles. The van der Waals surface area contributed by atoms with E-state index in [1.807, 2.05) is 6.08 Å². The summed E-state index contributed by atoms with van der Waals surface area (Å²) in [6.45, 7) is 10.9. The molecule has 3 aliphatic rings. The van der Waals surface area contributed by atoms with Crippen molar-refractivity contribution in [3.63, 3.8) is 0 Å². The molecule has 0 aromatic heterocycles. The van der Waals surface area contributed by atoms with E-state index in [-0.39, 0.29) is 23.7 Å². The zero-order valence-electron chi connectivity index (χ0n) is 15.0. The Labute approximate surface area is 152 Å². The molecular formula is C20H24O6. The van der Waals surface area contributed by atoms with E-state index in [0.29, 0.717) is 6.42 Å². The van der Waals surface area contributed by atoms with Crippen molar-refractivity contribution < 1.29 is 29.3 Å². The van der Waals surface area contributed by atoms with E-state index in [1.165, 1.54) is 6.08 Å². The third-order valence-electron chi connectivity index (χ3n) is 5.63. The smallest absolute Gasteiger partial charge is 0.334 e. The van der Waals surface area contributed by atoms with Crippen LogP contribution in [0.4, 0.5) is 0 Å². The van der Waals surface area contributed by atoms with Gasteiger partial charge in [-0.05, 0) is 19.9 Å². The number of carbonyl (C=O) groups excluding carboxylic acids is 2. The van der Waals surface area contributed by atoms with E-state index in [0.717, 1.165) is 5.57 Å². The standard InChI is InChI=1S/C20H24O6/c1-10(6-8-21)18(22)25-14-9-11(2)13-5-7-20(4,24)16(13)17-15(14)12(3)19(23)26-17/h5-7,13-17,21,24H,2-3,8-9H2,1,4H3/b10-6+. The number of rotatable bonds is 3. The number of aliphatic hydroxyl groups is 2. The first-order chi connectivity index (χ1) is 12.2. The fourth-order valence-electron chi connectivity index (χ4n) is 4.25. The average Bonchev–Trinajstić information content (AvgIpc) is 2.98. The Balaban J connectivity index is 1.97. The molecule has 26 heavy (non-hydrogen) atoms. The molecule has 6 nitrogen and oxygen atoms in total. The molecule has 1 saturated carbocycles. The number of esters is 2. The Morgan fingerprint density at radius 3 is 2.85 bits per heavy atom. The average molecular weight is 360 g/mol. The van der Waals surface area contributed by atoms with Crippen molar-refractivity contribution >= 4 is 11.9 Å². The van der Waals surface area contributed by atoms with Crippen LogP contribution < -0.4 is 0 Å². The summed E-state index contributed by atoms with van der Waals surface area (Å²) in [6, 6.07) is 0. The maximum atomic E-state index is 12.3. The van der Waals surface area contributed by atoms with Crippen molar-refractivity contribution in [1.29, 1.82) is 0 Å². The van der Waals surface area contributed by atoms with Gasteiger partial charge in [-0.2, -0.15) is 0 Å². The van der Waals surface area contributed by atoms with Crippen LogP contribution in [0.25, 0.3) is 0 Å². The molecule has 0 aromatic rings. The Bertz CT molecular complexity index is 729. The van der Waals surface area contributed by atoms with Gasteiger partial charge in [0.05, 0.1) is 18.1 Å². The molecular weight excluding hydrogens is 336 g/mol. The lowest BCUT2D eigenvalue weighted by Crippen LogP contribution is -2.44. The second kappa shape index (κ2) is 6.52. The van der Waals surface area contributed by atoms with Gasteiger partial charge in [-0.3, -0.25) is 0 Å². The lowest BCUT2D eigenvalue weighted by molar-refractivity contribution is -0.151. The molecule has 1 saturated heterocycles. The van der Waals surface area contributed by atoms with Gasteiger partial charge in [-0.1, -0.05) is 30.9 Å². The van der Waals surface area contributed by atoms with Crippen molar-refractivity contribution in [3.05, 3.63) is 48.1 Å². The van der Waals surface area contributed by atoms with Crippen LogP contribution >= 0.6 is 0 Å². The van der Waals surface area contributed by atoms with Crippen LogP contribution in [0.15, 0.2) is 48.1 Å². The Morgan fingerprint density at radius 1 is 1.50 bits per heavy atom. The molecule has 2 aliphatic carbocycles. The summed E-state index contributed by atoms with van der Waals surface area (Å²) >= 11 is 0. The van der Waals surface area contributed by atoms with Gasteiger partial charge in [0.15, 0.2) is 0 Å². The zero-order valence-corrected chi connectivity index (χ0v) is 15.0. The largest absolute Gasteiger partial charge is 0.458 e. The Hall–Kier alpha value is -2.18. The monoisotopic (exact) mass is 360 g/mol. The second-order valence-corrected chi connectivity index (χ2v) is 7.43. The van der Waals surface area contributed by atoms with E-state index < -0.39 is 41.6 Å². The summed E-state index contributed by atoms with van der Waals surface area (Å²) in [7, 11) is 0. The minimum absolute atomic E-state index is 0.172. The quantitative estimate of drug-likeness (QED) is 0.450. The van der Waals surface area contributed by atoms with Gasteiger partial charge in [-0.25, -0.2) is 9.59 Å². The van der Waals surface area contributed by atoms with Crippen LogP contribution in [0.5, 0.6) is 0 Å². The number of hydrogen-bond acceptors (Lipinski definition) is 6. The van der Waals surface area contributed by atoms with Gasteiger partial charge < -0.3 is 19.7 Å². The Kier molecular flexibility index (Phi) is 4.67. The summed E-state index contributed by atoms with van der Waals surface area (Å²) in [5.74, 6) is -2.23. The van der Waals surface area contributed by atoms with Crippen LogP contribution in [0, 0.1) is 17.8 Å². The molecule has 140 valence electrons. The molecule has 1 aliphatic heterocycles. The van der Waals surface area contributed by atoms with E-state index in [9.17, 15) is 14.7 Å². The van der Waals surface area contributed by atoms with Crippen molar-refractivity contribution in [2.75, 3.05) is 6.61 Å². The summed E-state index contributed by atoms with van der Waals surface area (Å²) < 4.78 is 11.2. The topological polar surface area (TPSA) is 93.1 Å². The molecule has 6 atom stereocenters. The number of allylic oxidation sites excluding steroid dienone is 1. The van der Waals surface area contributed by atoms with Crippen LogP contribution in [0.3, 0.4) is 0 Å². The minimum atomic E-state index is -1.16. The number of hydrogen-bond donors (Lipinski definition) is 2. The molecule has 0 spiro atoms. The Morgan fingerprint density at radius 2 is 2.19 bits per heavy atom. The van der Waals surface area contributed by atoms with Crippen molar-refractivity contribution in [2.45, 2.75) is 38.1 Å². The van der Waals surface area contributed by atoms with Crippen molar-refractivity contribution in [3.8, 4) is 0 Å². The molecule has 1 heterocycles. The van der Waals surface area contributed by atoms with Gasteiger partial charge in [0.2, 0.25) is 0 Å². The lowest BCUT2D eigenvalue weighted by Gasteiger charge is -2.34. The predicted molar refractivity (Wildman–Crippen MR) is 93.7 cm³/mol. The molecule has 6 heteroatoms. The number of carbonyl (C=O) groups is 2. The highest BCUT2D eigenvalue weighted by Gasteiger charge is 2.58. The highest BCUT2D eigenvalue weighted by Crippen LogP contribution is 2.51. The van der Waals surface area contributed by atoms with Gasteiger partial charge >= 0.3 is 11.9 Å². The van der Waals surface area contributed by atoms with Crippen molar-refractivity contribution in [1.82, 2.24) is 0 Å². The maximum absolute atomic E-state index is 12.3. The molecule has 0 radical (unpaired) electrons. The van der Waals surface area contributed by atoms with Crippen LogP contribution in [0.1, 0.15) is 20.3 Å². The SMILES string of the molecule is C=C1CC(OC(=O)/C(C)=C/CO)C2C(=C)C(=O)OC2C2C1C=CC2(C)O. The van der Waals surface area contributed by atoms with Crippen LogP contribution in [-0.2, 0) is 19.1 Å². The second-order valence-electron chi connectivity index (χ2n) is 7.43. The lowest BCUT2D eigenvalue weighted by atomic mass is 9.76. The molecule has 6 unspecified atom stereocenters. The first kappa shape index (κ1) is 18.6. The molecule has 2 N–H and O–H groups in total. The van der Waals surface area contributed by atoms with E-state index in [2.05, 4.69) is 13.2 Å². The maximum Gasteiger partial charge on any atom is 0.334 e. The summed E-state index contributed by atoms with van der Waals surface area (Å²) in [5, 5.41) is 19.7.